The Hall–Kier alpha value is -0.160. The third kappa shape index (κ3) is 8.05. The highest BCUT2D eigenvalue weighted by molar-refractivity contribution is 7.80. The molecule has 0 spiro atoms. The van der Waals surface area contributed by atoms with Crippen LogP contribution in [0.4, 0.5) is 0 Å². The predicted octanol–water partition coefficient (Wildman–Crippen LogP) is 2.27. The zero-order chi connectivity index (χ0) is 12.8. The molecule has 3 N–H and O–H groups in total. The van der Waals surface area contributed by atoms with Crippen LogP contribution < -0.4 is 11.2 Å². The van der Waals surface area contributed by atoms with Gasteiger partial charge in [-0.25, -0.2) is 5.48 Å². The lowest BCUT2D eigenvalue weighted by Gasteiger charge is -2.20. The fourth-order valence-electron chi connectivity index (χ4n) is 0.941. The van der Waals surface area contributed by atoms with Crippen LogP contribution in [-0.4, -0.2) is 17.9 Å². The molecule has 0 aromatic rings. The summed E-state index contributed by atoms with van der Waals surface area (Å²) >= 11 is 4.58. The van der Waals surface area contributed by atoms with E-state index in [0.29, 0.717) is 12.8 Å². The van der Waals surface area contributed by atoms with Gasteiger partial charge in [0.05, 0.1) is 12.8 Å². The van der Waals surface area contributed by atoms with Crippen LogP contribution >= 0.6 is 19.8 Å². The molecule has 96 valence electrons. The predicted molar refractivity (Wildman–Crippen MR) is 69.1 cm³/mol. The minimum absolute atomic E-state index is 0.0582. The fraction of sp³-hybridized carbons (Fsp3) is 0.889. The van der Waals surface area contributed by atoms with Gasteiger partial charge in [-0.15, -0.1) is 0 Å². The van der Waals surface area contributed by atoms with Gasteiger partial charge in [0.25, 0.3) is 0 Å². The van der Waals surface area contributed by atoms with Crippen molar-refractivity contribution in [2.75, 3.05) is 12.8 Å². The Labute approximate surface area is 103 Å². The second-order valence-electron chi connectivity index (χ2n) is 4.43. The smallest absolute Gasteiger partial charge is 0.352 e. The quantitative estimate of drug-likeness (QED) is 0.419. The zero-order valence-corrected chi connectivity index (χ0v) is 11.9. The lowest BCUT2D eigenvalue weighted by molar-refractivity contribution is 0.161. The maximum atomic E-state index is 12.2. The van der Waals surface area contributed by atoms with E-state index in [1.54, 1.807) is 0 Å². The summed E-state index contributed by atoms with van der Waals surface area (Å²) in [4.78, 5) is 0. The van der Waals surface area contributed by atoms with Crippen molar-refractivity contribution in [2.45, 2.75) is 27.7 Å². The summed E-state index contributed by atoms with van der Waals surface area (Å²) in [5, 5.41) is -0.0582. The van der Waals surface area contributed by atoms with E-state index in [-0.39, 0.29) is 16.9 Å². The molecule has 0 aromatic heterocycles. The standard InChI is InChI=1S/C9H21N2O3PS/c1-7(2)5-13-15(12,6-8(3)4)14-11-9(10)16/h7-8H,5-6H2,1-4H3,(H3,10,11,16). The number of hydrogen-bond donors (Lipinski definition) is 2. The maximum Gasteiger partial charge on any atom is 0.352 e. The molecule has 0 aromatic carbocycles. The minimum atomic E-state index is -3.16. The van der Waals surface area contributed by atoms with Gasteiger partial charge in [0.1, 0.15) is 0 Å². The van der Waals surface area contributed by atoms with Crippen LogP contribution in [0.5, 0.6) is 0 Å². The summed E-state index contributed by atoms with van der Waals surface area (Å²) in [6, 6.07) is 0. The Bertz CT molecular complexity index is 271. The summed E-state index contributed by atoms with van der Waals surface area (Å²) in [6.45, 7) is 8.20. The SMILES string of the molecule is CC(C)COP(=O)(CC(C)C)ONC(N)=S. The molecular formula is C9H21N2O3PS. The molecule has 0 rings (SSSR count). The highest BCUT2D eigenvalue weighted by Crippen LogP contribution is 2.48. The normalized spacial score (nSPS) is 15.1. The van der Waals surface area contributed by atoms with E-state index < -0.39 is 7.60 Å². The minimum Gasteiger partial charge on any atom is -0.375 e. The summed E-state index contributed by atoms with van der Waals surface area (Å²) in [7, 11) is -3.16. The molecule has 1 atom stereocenters. The van der Waals surface area contributed by atoms with Crippen LogP contribution in [0, 0.1) is 11.8 Å². The summed E-state index contributed by atoms with van der Waals surface area (Å²) in [5.74, 6) is 0.486. The van der Waals surface area contributed by atoms with Crippen LogP contribution in [0.15, 0.2) is 0 Å². The molecule has 5 nitrogen and oxygen atoms in total. The zero-order valence-electron chi connectivity index (χ0n) is 10.2. The highest BCUT2D eigenvalue weighted by Gasteiger charge is 2.27. The van der Waals surface area contributed by atoms with Crippen molar-refractivity contribution in [3.05, 3.63) is 0 Å². The van der Waals surface area contributed by atoms with Gasteiger partial charge >= 0.3 is 7.60 Å². The number of hydroxylamine groups is 1. The van der Waals surface area contributed by atoms with E-state index in [4.69, 9.17) is 14.9 Å². The van der Waals surface area contributed by atoms with Gasteiger partial charge in [-0.3, -0.25) is 4.57 Å². The van der Waals surface area contributed by atoms with Crippen molar-refractivity contribution >= 4 is 24.9 Å². The Morgan fingerprint density at radius 3 is 2.31 bits per heavy atom. The third-order valence-corrected chi connectivity index (χ3v) is 3.65. The third-order valence-electron chi connectivity index (χ3n) is 1.48. The number of nitrogens with two attached hydrogens (primary N) is 1. The monoisotopic (exact) mass is 268 g/mol. The first kappa shape index (κ1) is 15.8. The molecule has 0 amide bonds. The summed E-state index contributed by atoms with van der Waals surface area (Å²) < 4.78 is 22.5. The summed E-state index contributed by atoms with van der Waals surface area (Å²) in [5.41, 5.74) is 7.44. The van der Waals surface area contributed by atoms with Crippen molar-refractivity contribution in [2.24, 2.45) is 17.6 Å². The molecule has 0 heterocycles. The molecule has 0 aliphatic carbocycles. The first-order valence-corrected chi connectivity index (χ1v) is 7.36. The molecule has 0 aliphatic rings. The molecule has 7 heteroatoms. The van der Waals surface area contributed by atoms with Crippen LogP contribution in [0.1, 0.15) is 27.7 Å². The van der Waals surface area contributed by atoms with E-state index in [1.807, 2.05) is 27.7 Å². The van der Waals surface area contributed by atoms with Crippen molar-refractivity contribution in [3.63, 3.8) is 0 Å². The molecule has 1 unspecified atom stereocenters. The van der Waals surface area contributed by atoms with E-state index in [0.717, 1.165) is 0 Å². The van der Waals surface area contributed by atoms with Gasteiger partial charge in [-0.05, 0) is 24.1 Å². The molecule has 0 aliphatic heterocycles. The highest BCUT2D eigenvalue weighted by atomic mass is 32.1. The van der Waals surface area contributed by atoms with Gasteiger partial charge in [-0.2, -0.15) is 4.62 Å². The van der Waals surface area contributed by atoms with Gasteiger partial charge in [0, 0.05) is 0 Å². The Kier molecular flexibility index (Phi) is 7.15. The fourth-order valence-corrected chi connectivity index (χ4v) is 2.93. The average Bonchev–Trinajstić information content (AvgIpc) is 2.11. The molecule has 0 radical (unpaired) electrons. The summed E-state index contributed by atoms with van der Waals surface area (Å²) in [6.07, 6.45) is 0.329. The van der Waals surface area contributed by atoms with Crippen LogP contribution in [0.2, 0.25) is 0 Å². The molecule has 0 saturated carbocycles. The topological polar surface area (TPSA) is 73.6 Å². The van der Waals surface area contributed by atoms with Crippen molar-refractivity contribution in [1.82, 2.24) is 5.48 Å². The largest absolute Gasteiger partial charge is 0.375 e. The molecular weight excluding hydrogens is 247 g/mol. The van der Waals surface area contributed by atoms with E-state index in [9.17, 15) is 4.57 Å². The van der Waals surface area contributed by atoms with E-state index >= 15 is 0 Å². The molecule has 0 bridgehead atoms. The molecule has 0 saturated heterocycles. The molecule has 0 fully saturated rings. The second kappa shape index (κ2) is 7.22. The van der Waals surface area contributed by atoms with E-state index in [1.165, 1.54) is 0 Å². The number of nitrogens with one attached hydrogen (secondary N) is 1. The average molecular weight is 268 g/mol. The number of hydrogen-bond acceptors (Lipinski definition) is 4. The maximum absolute atomic E-state index is 12.2. The van der Waals surface area contributed by atoms with Gasteiger partial charge in [0.2, 0.25) is 0 Å². The number of thiocarbonyl (C=S) groups is 1. The van der Waals surface area contributed by atoms with Crippen LogP contribution in [-0.2, 0) is 13.7 Å². The first-order chi connectivity index (χ1) is 7.25. The lowest BCUT2D eigenvalue weighted by Crippen LogP contribution is -2.29. The van der Waals surface area contributed by atoms with Crippen molar-refractivity contribution in [1.29, 1.82) is 0 Å². The molecule has 16 heavy (non-hydrogen) atoms. The van der Waals surface area contributed by atoms with Gasteiger partial charge < -0.3 is 10.3 Å². The van der Waals surface area contributed by atoms with E-state index in [2.05, 4.69) is 17.7 Å². The first-order valence-electron chi connectivity index (χ1n) is 5.23. The van der Waals surface area contributed by atoms with Crippen LogP contribution in [0.3, 0.4) is 0 Å². The van der Waals surface area contributed by atoms with Gasteiger partial charge in [0.15, 0.2) is 5.11 Å². The lowest BCUT2D eigenvalue weighted by atomic mass is 10.2. The second-order valence-corrected chi connectivity index (χ2v) is 6.90. The Morgan fingerprint density at radius 2 is 1.94 bits per heavy atom. The Morgan fingerprint density at radius 1 is 1.38 bits per heavy atom. The van der Waals surface area contributed by atoms with Crippen molar-refractivity contribution < 1.29 is 13.7 Å². The van der Waals surface area contributed by atoms with Crippen LogP contribution in [0.25, 0.3) is 0 Å². The Balaban J connectivity index is 4.36. The number of rotatable bonds is 7. The van der Waals surface area contributed by atoms with Gasteiger partial charge in [-0.1, -0.05) is 27.7 Å². The van der Waals surface area contributed by atoms with Crippen molar-refractivity contribution in [3.8, 4) is 0 Å².